The zero-order valence-corrected chi connectivity index (χ0v) is 17.3. The van der Waals surface area contributed by atoms with E-state index in [1.807, 2.05) is 50.2 Å². The van der Waals surface area contributed by atoms with Gasteiger partial charge in [-0.15, -0.1) is 0 Å². The fraction of sp³-hybridized carbons (Fsp3) is 0.458. The van der Waals surface area contributed by atoms with E-state index in [0.717, 1.165) is 24.0 Å². The Morgan fingerprint density at radius 2 is 1.66 bits per heavy atom. The number of esters is 1. The van der Waals surface area contributed by atoms with Crippen LogP contribution in [0.1, 0.15) is 43.9 Å². The summed E-state index contributed by atoms with van der Waals surface area (Å²) in [4.78, 5) is 13.0. The summed E-state index contributed by atoms with van der Waals surface area (Å²) in [6.45, 7) is 5.30. The second-order valence-corrected chi connectivity index (χ2v) is 7.15. The molecule has 5 heteroatoms. The van der Waals surface area contributed by atoms with Gasteiger partial charge >= 0.3 is 5.97 Å². The van der Waals surface area contributed by atoms with Gasteiger partial charge in [0.2, 0.25) is 0 Å². The van der Waals surface area contributed by atoms with E-state index in [2.05, 4.69) is 29.6 Å². The molecule has 0 saturated carbocycles. The van der Waals surface area contributed by atoms with E-state index in [-0.39, 0.29) is 17.9 Å². The predicted molar refractivity (Wildman–Crippen MR) is 112 cm³/mol. The van der Waals surface area contributed by atoms with Crippen LogP contribution in [0.3, 0.4) is 0 Å². The number of hydrogen-bond donors (Lipinski definition) is 1. The fourth-order valence-corrected chi connectivity index (χ4v) is 3.89. The van der Waals surface area contributed by atoms with E-state index in [1.54, 1.807) is 0 Å². The van der Waals surface area contributed by atoms with Gasteiger partial charge in [0.05, 0.1) is 12.6 Å². The molecule has 1 aliphatic rings. The molecule has 1 fully saturated rings. The monoisotopic (exact) mass is 397 g/mol. The first-order chi connectivity index (χ1) is 14.2. The van der Waals surface area contributed by atoms with Crippen LogP contribution in [0.25, 0.3) is 0 Å². The smallest absolute Gasteiger partial charge is 0.323 e. The summed E-state index contributed by atoms with van der Waals surface area (Å²) in [5.41, 5.74) is 2.19. The van der Waals surface area contributed by atoms with Crippen LogP contribution in [0.5, 0.6) is 0 Å². The highest BCUT2D eigenvalue weighted by Crippen LogP contribution is 2.30. The minimum atomic E-state index is -0.530. The predicted octanol–water partition coefficient (Wildman–Crippen LogP) is 4.09. The number of nitrogens with one attached hydrogen (secondary N) is 1. The highest BCUT2D eigenvalue weighted by Gasteiger charge is 2.39. The number of benzene rings is 2. The van der Waals surface area contributed by atoms with Crippen molar-refractivity contribution in [1.82, 2.24) is 5.32 Å². The molecule has 156 valence electrons. The van der Waals surface area contributed by atoms with Crippen LogP contribution in [-0.4, -0.2) is 38.1 Å². The van der Waals surface area contributed by atoms with E-state index in [4.69, 9.17) is 14.2 Å². The third kappa shape index (κ3) is 5.66. The second-order valence-electron chi connectivity index (χ2n) is 7.15. The Kier molecular flexibility index (Phi) is 8.23. The molecule has 0 bridgehead atoms. The Labute approximate surface area is 173 Å². The lowest BCUT2D eigenvalue weighted by Crippen LogP contribution is -2.52. The maximum absolute atomic E-state index is 13.0. The number of carbonyl (C=O) groups is 1. The molecule has 3 rings (SSSR count). The van der Waals surface area contributed by atoms with Gasteiger partial charge in [-0.25, -0.2) is 0 Å². The van der Waals surface area contributed by atoms with Crippen molar-refractivity contribution in [2.24, 2.45) is 5.92 Å². The van der Waals surface area contributed by atoms with Crippen molar-refractivity contribution in [2.45, 2.75) is 45.1 Å². The van der Waals surface area contributed by atoms with Crippen LogP contribution < -0.4 is 5.32 Å². The van der Waals surface area contributed by atoms with Crippen LogP contribution in [0.15, 0.2) is 60.7 Å². The molecule has 5 nitrogen and oxygen atoms in total. The second kappa shape index (κ2) is 11.1. The van der Waals surface area contributed by atoms with Crippen molar-refractivity contribution in [3.8, 4) is 0 Å². The molecule has 29 heavy (non-hydrogen) atoms. The number of hydrogen-bond acceptors (Lipinski definition) is 5. The molecule has 0 spiro atoms. The Bertz CT molecular complexity index is 696. The normalized spacial score (nSPS) is 20.4. The number of carbonyl (C=O) groups excluding carboxylic acids is 1. The maximum Gasteiger partial charge on any atom is 0.323 e. The summed E-state index contributed by atoms with van der Waals surface area (Å²) in [6.07, 6.45) is 1.33. The van der Waals surface area contributed by atoms with Gasteiger partial charge in [-0.3, -0.25) is 10.1 Å². The fourth-order valence-electron chi connectivity index (χ4n) is 3.89. The highest BCUT2D eigenvalue weighted by molar-refractivity contribution is 5.76. The summed E-state index contributed by atoms with van der Waals surface area (Å²) in [7, 11) is 0. The van der Waals surface area contributed by atoms with E-state index in [0.29, 0.717) is 19.8 Å². The average Bonchev–Trinajstić information content (AvgIpc) is 2.77. The molecule has 0 aliphatic carbocycles. The SMILES string of the molecule is CCOC(=O)[C@H](NC(c1ccccc1)c1ccccc1)[C@@H]1CCCO[C@H]1OCC. The largest absolute Gasteiger partial charge is 0.465 e. The lowest BCUT2D eigenvalue weighted by Gasteiger charge is -2.37. The number of rotatable bonds is 9. The summed E-state index contributed by atoms with van der Waals surface area (Å²) in [5, 5.41) is 3.59. The van der Waals surface area contributed by atoms with Crippen LogP contribution >= 0.6 is 0 Å². The average molecular weight is 398 g/mol. The first-order valence-corrected chi connectivity index (χ1v) is 10.5. The molecule has 1 N–H and O–H groups in total. The molecule has 1 heterocycles. The molecule has 1 aliphatic heterocycles. The molecule has 1 saturated heterocycles. The first-order valence-electron chi connectivity index (χ1n) is 10.5. The first kappa shape index (κ1) is 21.5. The van der Waals surface area contributed by atoms with E-state index < -0.39 is 12.3 Å². The summed E-state index contributed by atoms with van der Waals surface area (Å²) >= 11 is 0. The van der Waals surface area contributed by atoms with Gasteiger partial charge in [-0.1, -0.05) is 60.7 Å². The molecule has 2 aromatic carbocycles. The van der Waals surface area contributed by atoms with Crippen LogP contribution in [0, 0.1) is 5.92 Å². The zero-order chi connectivity index (χ0) is 20.5. The minimum absolute atomic E-state index is 0.113. The van der Waals surface area contributed by atoms with Crippen molar-refractivity contribution in [1.29, 1.82) is 0 Å². The molecule has 0 radical (unpaired) electrons. The van der Waals surface area contributed by atoms with Gasteiger partial charge < -0.3 is 14.2 Å². The van der Waals surface area contributed by atoms with E-state index >= 15 is 0 Å². The van der Waals surface area contributed by atoms with Crippen LogP contribution in [0.4, 0.5) is 0 Å². The van der Waals surface area contributed by atoms with Gasteiger partial charge in [0, 0.05) is 19.1 Å². The zero-order valence-electron chi connectivity index (χ0n) is 17.3. The Morgan fingerprint density at radius 1 is 1.03 bits per heavy atom. The third-order valence-electron chi connectivity index (χ3n) is 5.23. The summed E-state index contributed by atoms with van der Waals surface area (Å²) in [6, 6.07) is 19.7. The number of ether oxygens (including phenoxy) is 3. The Hall–Kier alpha value is -2.21. The minimum Gasteiger partial charge on any atom is -0.465 e. The Morgan fingerprint density at radius 3 is 2.21 bits per heavy atom. The molecule has 0 aromatic heterocycles. The van der Waals surface area contributed by atoms with Gasteiger partial charge in [0.15, 0.2) is 6.29 Å². The van der Waals surface area contributed by atoms with Gasteiger partial charge in [-0.2, -0.15) is 0 Å². The topological polar surface area (TPSA) is 56.8 Å². The summed E-state index contributed by atoms with van der Waals surface area (Å²) in [5.74, 6) is -0.373. The standard InChI is InChI=1S/C24H31NO4/c1-3-27-23(26)22(20-16-11-17-29-24(20)28-4-2)25-21(18-12-7-5-8-13-18)19-14-9-6-10-15-19/h5-10,12-15,20-22,24-25H,3-4,11,16-17H2,1-2H3/t20-,22+,24+/m0/s1. The third-order valence-corrected chi connectivity index (χ3v) is 5.23. The molecule has 3 atom stereocenters. The van der Waals surface area contributed by atoms with Gasteiger partial charge in [0.1, 0.15) is 6.04 Å². The van der Waals surface area contributed by atoms with Crippen molar-refractivity contribution in [2.75, 3.05) is 19.8 Å². The quantitative estimate of drug-likeness (QED) is 0.646. The van der Waals surface area contributed by atoms with Crippen molar-refractivity contribution < 1.29 is 19.0 Å². The maximum atomic E-state index is 13.0. The van der Waals surface area contributed by atoms with Crippen molar-refractivity contribution in [3.63, 3.8) is 0 Å². The molecular weight excluding hydrogens is 366 g/mol. The molecule has 0 unspecified atom stereocenters. The summed E-state index contributed by atoms with van der Waals surface area (Å²) < 4.78 is 17.1. The lowest BCUT2D eigenvalue weighted by atomic mass is 9.89. The van der Waals surface area contributed by atoms with Crippen molar-refractivity contribution >= 4 is 5.97 Å². The van der Waals surface area contributed by atoms with Gasteiger partial charge in [-0.05, 0) is 37.8 Å². The van der Waals surface area contributed by atoms with Gasteiger partial charge in [0.25, 0.3) is 0 Å². The Balaban J connectivity index is 1.93. The lowest BCUT2D eigenvalue weighted by molar-refractivity contribution is -0.201. The molecule has 0 amide bonds. The molecule has 2 aromatic rings. The van der Waals surface area contributed by atoms with E-state index in [1.165, 1.54) is 0 Å². The van der Waals surface area contributed by atoms with Crippen LogP contribution in [0.2, 0.25) is 0 Å². The van der Waals surface area contributed by atoms with E-state index in [9.17, 15) is 4.79 Å². The highest BCUT2D eigenvalue weighted by atomic mass is 16.7. The van der Waals surface area contributed by atoms with Crippen molar-refractivity contribution in [3.05, 3.63) is 71.8 Å². The van der Waals surface area contributed by atoms with Crippen LogP contribution in [-0.2, 0) is 19.0 Å². The molecular formula is C24H31NO4.